The molecule has 2 aromatic carbocycles. The SMILES string of the molecule is CCc1cccc(NC(N)=NCC(O)COc2cccc(C(F)(F)F)c2)c1. The largest absolute Gasteiger partial charge is 0.491 e. The number of guanidine groups is 1. The molecule has 0 saturated heterocycles. The molecular weight excluding hydrogens is 359 g/mol. The number of alkyl halides is 3. The minimum atomic E-state index is -4.45. The van der Waals surface area contributed by atoms with Crippen LogP contribution < -0.4 is 15.8 Å². The number of aliphatic imine (C=N–C) groups is 1. The van der Waals surface area contributed by atoms with Crippen LogP contribution in [0.15, 0.2) is 53.5 Å². The van der Waals surface area contributed by atoms with Crippen molar-refractivity contribution < 1.29 is 23.0 Å². The average Bonchev–Trinajstić information content (AvgIpc) is 2.64. The van der Waals surface area contributed by atoms with Crippen LogP contribution in [0, 0.1) is 0 Å². The van der Waals surface area contributed by atoms with Gasteiger partial charge in [0.1, 0.15) is 18.5 Å². The summed E-state index contributed by atoms with van der Waals surface area (Å²) in [6.45, 7) is 1.78. The third-order valence-electron chi connectivity index (χ3n) is 3.68. The number of ether oxygens (including phenoxy) is 1. The summed E-state index contributed by atoms with van der Waals surface area (Å²) in [5.41, 5.74) is 6.90. The zero-order chi connectivity index (χ0) is 19.9. The summed E-state index contributed by atoms with van der Waals surface area (Å²) in [5.74, 6) is 0.150. The van der Waals surface area contributed by atoms with Crippen molar-refractivity contribution >= 4 is 11.6 Å². The Morgan fingerprint density at radius 2 is 1.96 bits per heavy atom. The van der Waals surface area contributed by atoms with E-state index < -0.39 is 17.8 Å². The average molecular weight is 381 g/mol. The van der Waals surface area contributed by atoms with Gasteiger partial charge in [0.05, 0.1) is 12.1 Å². The molecule has 0 aliphatic rings. The van der Waals surface area contributed by atoms with Gasteiger partial charge >= 0.3 is 6.18 Å². The van der Waals surface area contributed by atoms with Crippen LogP contribution in [-0.4, -0.2) is 30.3 Å². The maximum absolute atomic E-state index is 12.7. The molecule has 2 rings (SSSR count). The predicted molar refractivity (Wildman–Crippen MR) is 98.9 cm³/mol. The lowest BCUT2D eigenvalue weighted by molar-refractivity contribution is -0.137. The first-order valence-electron chi connectivity index (χ1n) is 8.42. The molecule has 0 radical (unpaired) electrons. The molecule has 0 bridgehead atoms. The van der Waals surface area contributed by atoms with Gasteiger partial charge in [-0.15, -0.1) is 0 Å². The Morgan fingerprint density at radius 1 is 1.22 bits per heavy atom. The van der Waals surface area contributed by atoms with Crippen molar-refractivity contribution in [3.63, 3.8) is 0 Å². The molecule has 146 valence electrons. The van der Waals surface area contributed by atoms with E-state index in [1.54, 1.807) is 0 Å². The normalized spacial score (nSPS) is 13.3. The van der Waals surface area contributed by atoms with Crippen molar-refractivity contribution in [3.8, 4) is 5.75 Å². The van der Waals surface area contributed by atoms with E-state index in [0.29, 0.717) is 0 Å². The van der Waals surface area contributed by atoms with Gasteiger partial charge in [0.2, 0.25) is 0 Å². The molecule has 0 amide bonds. The molecule has 0 spiro atoms. The number of aryl methyl sites for hydroxylation is 1. The van der Waals surface area contributed by atoms with Gasteiger partial charge in [-0.05, 0) is 42.3 Å². The van der Waals surface area contributed by atoms with Crippen molar-refractivity contribution in [2.45, 2.75) is 25.6 Å². The number of nitrogens with zero attached hydrogens (tertiary/aromatic N) is 1. The fourth-order valence-corrected chi connectivity index (χ4v) is 2.27. The van der Waals surface area contributed by atoms with Crippen LogP contribution in [0.2, 0.25) is 0 Å². The zero-order valence-electron chi connectivity index (χ0n) is 14.8. The van der Waals surface area contributed by atoms with Crippen LogP contribution in [0.1, 0.15) is 18.1 Å². The number of hydrogen-bond donors (Lipinski definition) is 3. The summed E-state index contributed by atoms with van der Waals surface area (Å²) < 4.78 is 43.2. The molecule has 4 N–H and O–H groups in total. The Labute approximate surface area is 155 Å². The second-order valence-electron chi connectivity index (χ2n) is 5.90. The van der Waals surface area contributed by atoms with Gasteiger partial charge in [0, 0.05) is 5.69 Å². The number of aliphatic hydroxyl groups excluding tert-OH is 1. The van der Waals surface area contributed by atoms with Crippen LogP contribution in [-0.2, 0) is 12.6 Å². The Kier molecular flexibility index (Phi) is 7.06. The molecule has 1 unspecified atom stereocenters. The summed E-state index contributed by atoms with van der Waals surface area (Å²) in [6.07, 6.45) is -4.57. The lowest BCUT2D eigenvalue weighted by Gasteiger charge is -2.13. The highest BCUT2D eigenvalue weighted by atomic mass is 19.4. The Morgan fingerprint density at radius 3 is 2.67 bits per heavy atom. The van der Waals surface area contributed by atoms with Crippen molar-refractivity contribution in [3.05, 3.63) is 59.7 Å². The van der Waals surface area contributed by atoms with Crippen LogP contribution in [0.25, 0.3) is 0 Å². The molecular formula is C19H22F3N3O2. The third kappa shape index (κ3) is 6.82. The number of nitrogens with one attached hydrogen (secondary N) is 1. The molecule has 0 aliphatic carbocycles. The molecule has 2 aromatic rings. The van der Waals surface area contributed by atoms with E-state index in [4.69, 9.17) is 10.5 Å². The van der Waals surface area contributed by atoms with Crippen molar-refractivity contribution in [2.24, 2.45) is 10.7 Å². The van der Waals surface area contributed by atoms with Crippen molar-refractivity contribution in [1.29, 1.82) is 0 Å². The number of aliphatic hydroxyl groups is 1. The zero-order valence-corrected chi connectivity index (χ0v) is 14.8. The molecule has 0 heterocycles. The molecule has 1 atom stereocenters. The third-order valence-corrected chi connectivity index (χ3v) is 3.68. The second kappa shape index (κ2) is 9.27. The summed E-state index contributed by atoms with van der Waals surface area (Å²) in [5, 5.41) is 12.8. The van der Waals surface area contributed by atoms with Gasteiger partial charge in [-0.3, -0.25) is 4.99 Å². The van der Waals surface area contributed by atoms with Gasteiger partial charge in [0.15, 0.2) is 5.96 Å². The molecule has 0 saturated carbocycles. The van der Waals surface area contributed by atoms with Crippen LogP contribution in [0.5, 0.6) is 5.75 Å². The Bertz CT molecular complexity index is 779. The standard InChI is InChI=1S/C19H22F3N3O2/c1-2-13-5-3-7-15(9-13)25-18(23)24-11-16(26)12-27-17-8-4-6-14(10-17)19(20,21)22/h3-10,16,26H,2,11-12H2,1H3,(H3,23,24,25). The van der Waals surface area contributed by atoms with Gasteiger partial charge in [-0.1, -0.05) is 25.1 Å². The van der Waals surface area contributed by atoms with Crippen molar-refractivity contribution in [1.82, 2.24) is 0 Å². The smallest absolute Gasteiger partial charge is 0.416 e. The summed E-state index contributed by atoms with van der Waals surface area (Å²) in [4.78, 5) is 4.02. The fraction of sp³-hybridized carbons (Fsp3) is 0.316. The number of halogens is 3. The molecule has 5 nitrogen and oxygen atoms in total. The highest BCUT2D eigenvalue weighted by molar-refractivity contribution is 5.92. The van der Waals surface area contributed by atoms with Crippen LogP contribution in [0.4, 0.5) is 18.9 Å². The van der Waals surface area contributed by atoms with Gasteiger partial charge < -0.3 is 20.9 Å². The molecule has 0 aromatic heterocycles. The van der Waals surface area contributed by atoms with E-state index >= 15 is 0 Å². The predicted octanol–water partition coefficient (Wildman–Crippen LogP) is 3.43. The molecule has 27 heavy (non-hydrogen) atoms. The van der Waals surface area contributed by atoms with Gasteiger partial charge in [-0.2, -0.15) is 13.2 Å². The second-order valence-corrected chi connectivity index (χ2v) is 5.90. The first-order valence-corrected chi connectivity index (χ1v) is 8.42. The van der Waals surface area contributed by atoms with E-state index in [9.17, 15) is 18.3 Å². The summed E-state index contributed by atoms with van der Waals surface area (Å²) in [6, 6.07) is 12.1. The van der Waals surface area contributed by atoms with E-state index in [2.05, 4.69) is 10.3 Å². The summed E-state index contributed by atoms with van der Waals surface area (Å²) in [7, 11) is 0. The highest BCUT2D eigenvalue weighted by Gasteiger charge is 2.30. The van der Waals surface area contributed by atoms with Crippen LogP contribution in [0.3, 0.4) is 0 Å². The topological polar surface area (TPSA) is 79.9 Å². The minimum Gasteiger partial charge on any atom is -0.491 e. The molecule has 0 aliphatic heterocycles. The quantitative estimate of drug-likeness (QED) is 0.507. The first kappa shape index (κ1) is 20.6. The van der Waals surface area contributed by atoms with E-state index in [0.717, 1.165) is 29.8 Å². The molecule has 8 heteroatoms. The molecule has 0 fully saturated rings. The Balaban J connectivity index is 1.84. The number of rotatable bonds is 7. The monoisotopic (exact) mass is 381 g/mol. The van der Waals surface area contributed by atoms with Crippen LogP contribution >= 0.6 is 0 Å². The maximum Gasteiger partial charge on any atom is 0.416 e. The lowest BCUT2D eigenvalue weighted by atomic mass is 10.1. The van der Waals surface area contributed by atoms with E-state index in [-0.39, 0.29) is 24.9 Å². The maximum atomic E-state index is 12.7. The van der Waals surface area contributed by atoms with Gasteiger partial charge in [-0.25, -0.2) is 0 Å². The van der Waals surface area contributed by atoms with E-state index in [1.165, 1.54) is 12.1 Å². The number of benzene rings is 2. The Hall–Kier alpha value is -2.74. The number of hydrogen-bond acceptors (Lipinski definition) is 3. The van der Waals surface area contributed by atoms with Gasteiger partial charge in [0.25, 0.3) is 0 Å². The number of nitrogens with two attached hydrogens (primary N) is 1. The lowest BCUT2D eigenvalue weighted by Crippen LogP contribution is -2.27. The highest BCUT2D eigenvalue weighted by Crippen LogP contribution is 2.31. The first-order chi connectivity index (χ1) is 12.8. The summed E-state index contributed by atoms with van der Waals surface area (Å²) >= 11 is 0. The minimum absolute atomic E-state index is 0.0235. The van der Waals surface area contributed by atoms with Crippen molar-refractivity contribution in [2.75, 3.05) is 18.5 Å². The fourth-order valence-electron chi connectivity index (χ4n) is 2.27. The van der Waals surface area contributed by atoms with E-state index in [1.807, 2.05) is 31.2 Å². The number of anilines is 1.